The van der Waals surface area contributed by atoms with Crippen LogP contribution in [-0.2, 0) is 9.53 Å². The summed E-state index contributed by atoms with van der Waals surface area (Å²) < 4.78 is 5.41. The first-order valence-electron chi connectivity index (χ1n) is 8.36. The molecule has 0 spiro atoms. The van der Waals surface area contributed by atoms with Crippen molar-refractivity contribution in [3.63, 3.8) is 0 Å². The Morgan fingerprint density at radius 3 is 2.27 bits per heavy atom. The van der Waals surface area contributed by atoms with E-state index in [9.17, 15) is 9.59 Å². The molecule has 4 aliphatic carbocycles. The second-order valence-corrected chi connectivity index (χ2v) is 8.69. The molecule has 0 atom stereocenters. The molecule has 4 bridgehead atoms. The van der Waals surface area contributed by atoms with Crippen molar-refractivity contribution >= 4 is 23.1 Å². The molecule has 5 rings (SSSR count). The van der Waals surface area contributed by atoms with Crippen molar-refractivity contribution in [1.29, 1.82) is 0 Å². The van der Waals surface area contributed by atoms with E-state index in [0.717, 1.165) is 16.7 Å². The molecule has 118 valence electrons. The monoisotopic (exact) mass is 318 g/mol. The summed E-state index contributed by atoms with van der Waals surface area (Å²) >= 11 is 1.47. The molecule has 0 amide bonds. The van der Waals surface area contributed by atoms with Crippen LogP contribution >= 0.6 is 11.3 Å². The van der Waals surface area contributed by atoms with E-state index in [1.165, 1.54) is 43.4 Å². The Balaban J connectivity index is 1.37. The zero-order valence-corrected chi connectivity index (χ0v) is 13.7. The van der Waals surface area contributed by atoms with Gasteiger partial charge >= 0.3 is 5.97 Å². The van der Waals surface area contributed by atoms with Gasteiger partial charge in [0, 0.05) is 4.88 Å². The molecular weight excluding hydrogens is 296 g/mol. The molecule has 4 saturated carbocycles. The first kappa shape index (κ1) is 14.4. The summed E-state index contributed by atoms with van der Waals surface area (Å²) in [6.07, 6.45) is 6.18. The Labute approximate surface area is 135 Å². The van der Waals surface area contributed by atoms with E-state index in [-0.39, 0.29) is 24.3 Å². The van der Waals surface area contributed by atoms with E-state index in [0.29, 0.717) is 16.7 Å². The highest BCUT2D eigenvalue weighted by Gasteiger charge is 2.51. The fourth-order valence-corrected chi connectivity index (χ4v) is 5.99. The van der Waals surface area contributed by atoms with Gasteiger partial charge in [0.25, 0.3) is 0 Å². The van der Waals surface area contributed by atoms with Gasteiger partial charge in [-0.25, -0.2) is 0 Å². The minimum Gasteiger partial charge on any atom is -0.457 e. The van der Waals surface area contributed by atoms with Gasteiger partial charge in [0.05, 0.1) is 10.8 Å². The van der Waals surface area contributed by atoms with Gasteiger partial charge in [0.15, 0.2) is 6.61 Å². The molecule has 3 nitrogen and oxygen atoms in total. The first-order valence-corrected chi connectivity index (χ1v) is 9.18. The maximum atomic E-state index is 12.5. The van der Waals surface area contributed by atoms with E-state index >= 15 is 0 Å². The maximum absolute atomic E-state index is 12.5. The average Bonchev–Trinajstić information content (AvgIpc) is 2.90. The predicted molar refractivity (Wildman–Crippen MR) is 84.9 cm³/mol. The fraction of sp³-hybridized carbons (Fsp3) is 0.667. The lowest BCUT2D eigenvalue weighted by Crippen LogP contribution is -2.48. The number of rotatable bonds is 4. The molecule has 22 heavy (non-hydrogen) atoms. The van der Waals surface area contributed by atoms with Crippen molar-refractivity contribution in [3.8, 4) is 0 Å². The molecule has 1 heterocycles. The number of ether oxygens (including phenoxy) is 1. The Morgan fingerprint density at radius 1 is 1.09 bits per heavy atom. The quantitative estimate of drug-likeness (QED) is 0.625. The van der Waals surface area contributed by atoms with Crippen LogP contribution in [0.4, 0.5) is 0 Å². The standard InChI is InChI=1S/C18H22O3S/c1-10-2-3-16(22-10)15(19)9-21-18(20)17-13-5-11-4-12(7-13)8-14(17)6-11/h2-3,11-14,17H,4-9H2,1H3. The number of thiophene rings is 1. The van der Waals surface area contributed by atoms with Crippen LogP contribution in [-0.4, -0.2) is 18.4 Å². The summed E-state index contributed by atoms with van der Waals surface area (Å²) in [5.41, 5.74) is 0. The topological polar surface area (TPSA) is 43.4 Å². The van der Waals surface area contributed by atoms with Crippen LogP contribution in [0, 0.1) is 36.5 Å². The molecule has 0 saturated heterocycles. The average molecular weight is 318 g/mol. The molecule has 4 fully saturated rings. The minimum atomic E-state index is -0.115. The van der Waals surface area contributed by atoms with Crippen LogP contribution in [0.5, 0.6) is 0 Å². The van der Waals surface area contributed by atoms with Crippen LogP contribution in [0.25, 0.3) is 0 Å². The molecule has 0 aromatic carbocycles. The summed E-state index contributed by atoms with van der Waals surface area (Å²) in [4.78, 5) is 26.4. The summed E-state index contributed by atoms with van der Waals surface area (Å²) in [5, 5.41) is 0. The van der Waals surface area contributed by atoms with Gasteiger partial charge in [-0.3, -0.25) is 9.59 Å². The third kappa shape index (κ3) is 2.51. The normalized spacial score (nSPS) is 35.6. The van der Waals surface area contributed by atoms with E-state index in [1.807, 2.05) is 19.1 Å². The third-order valence-corrected chi connectivity index (χ3v) is 6.90. The third-order valence-electron chi connectivity index (χ3n) is 5.86. The number of ketones is 1. The summed E-state index contributed by atoms with van der Waals surface area (Å²) in [6.45, 7) is 1.88. The molecule has 1 aromatic heterocycles. The zero-order valence-electron chi connectivity index (χ0n) is 12.9. The molecule has 0 N–H and O–H groups in total. The van der Waals surface area contributed by atoms with E-state index in [2.05, 4.69) is 0 Å². The van der Waals surface area contributed by atoms with Crippen LogP contribution in [0.15, 0.2) is 12.1 Å². The molecule has 4 heteroatoms. The number of hydrogen-bond acceptors (Lipinski definition) is 4. The number of Topliss-reactive ketones (excluding diaryl/α,β-unsaturated/α-hetero) is 1. The number of carbonyl (C=O) groups is 2. The van der Waals surface area contributed by atoms with Crippen molar-refractivity contribution in [3.05, 3.63) is 21.9 Å². The number of aryl methyl sites for hydroxylation is 1. The summed E-state index contributed by atoms with van der Waals surface area (Å²) in [7, 11) is 0. The van der Waals surface area contributed by atoms with Gasteiger partial charge in [0.1, 0.15) is 0 Å². The van der Waals surface area contributed by atoms with Crippen LogP contribution in [0.2, 0.25) is 0 Å². The summed E-state index contributed by atoms with van der Waals surface area (Å²) in [6, 6.07) is 3.75. The Hall–Kier alpha value is -1.16. The highest BCUT2D eigenvalue weighted by atomic mass is 32.1. The van der Waals surface area contributed by atoms with Gasteiger partial charge in [-0.05, 0) is 74.8 Å². The Bertz CT molecular complexity index is 575. The second kappa shape index (κ2) is 5.48. The van der Waals surface area contributed by atoms with Gasteiger partial charge in [-0.15, -0.1) is 11.3 Å². The molecule has 0 aliphatic heterocycles. The van der Waals surface area contributed by atoms with Crippen molar-refractivity contribution < 1.29 is 14.3 Å². The van der Waals surface area contributed by atoms with E-state index in [4.69, 9.17) is 4.74 Å². The van der Waals surface area contributed by atoms with Crippen LogP contribution in [0.3, 0.4) is 0 Å². The maximum Gasteiger partial charge on any atom is 0.309 e. The largest absolute Gasteiger partial charge is 0.457 e. The Kier molecular flexibility index (Phi) is 3.60. The van der Waals surface area contributed by atoms with Crippen molar-refractivity contribution in [1.82, 2.24) is 0 Å². The van der Waals surface area contributed by atoms with Gasteiger partial charge in [-0.1, -0.05) is 0 Å². The number of esters is 1. The van der Waals surface area contributed by atoms with E-state index < -0.39 is 0 Å². The lowest BCUT2D eigenvalue weighted by Gasteiger charge is -2.53. The van der Waals surface area contributed by atoms with E-state index in [1.54, 1.807) is 0 Å². The SMILES string of the molecule is Cc1ccc(C(=O)COC(=O)C2C3CC4CC(C3)CC2C4)s1. The molecular formula is C18H22O3S. The Morgan fingerprint density at radius 2 is 1.73 bits per heavy atom. The molecule has 0 unspecified atom stereocenters. The van der Waals surface area contributed by atoms with Crippen LogP contribution < -0.4 is 0 Å². The lowest BCUT2D eigenvalue weighted by molar-refractivity contribution is -0.161. The first-order chi connectivity index (χ1) is 10.6. The zero-order chi connectivity index (χ0) is 15.3. The van der Waals surface area contributed by atoms with Gasteiger partial charge < -0.3 is 4.74 Å². The highest BCUT2D eigenvalue weighted by Crippen LogP contribution is 2.56. The molecule has 4 aliphatic rings. The number of hydrogen-bond donors (Lipinski definition) is 0. The minimum absolute atomic E-state index is 0.0608. The fourth-order valence-electron chi connectivity index (χ4n) is 5.20. The van der Waals surface area contributed by atoms with Gasteiger partial charge in [0.2, 0.25) is 5.78 Å². The number of carbonyl (C=O) groups excluding carboxylic acids is 2. The van der Waals surface area contributed by atoms with Crippen molar-refractivity contribution in [2.45, 2.75) is 39.0 Å². The van der Waals surface area contributed by atoms with Crippen LogP contribution in [0.1, 0.15) is 46.7 Å². The summed E-state index contributed by atoms with van der Waals surface area (Å²) in [5.74, 6) is 2.60. The van der Waals surface area contributed by atoms with Crippen molar-refractivity contribution in [2.24, 2.45) is 29.6 Å². The molecule has 0 radical (unpaired) electrons. The predicted octanol–water partition coefficient (Wildman–Crippen LogP) is 3.85. The molecule has 1 aromatic rings. The van der Waals surface area contributed by atoms with Crippen molar-refractivity contribution in [2.75, 3.05) is 6.61 Å². The second-order valence-electron chi connectivity index (χ2n) is 7.40. The highest BCUT2D eigenvalue weighted by molar-refractivity contribution is 7.14. The smallest absolute Gasteiger partial charge is 0.309 e. The lowest BCUT2D eigenvalue weighted by atomic mass is 9.52. The van der Waals surface area contributed by atoms with Gasteiger partial charge in [-0.2, -0.15) is 0 Å².